The summed E-state index contributed by atoms with van der Waals surface area (Å²) in [6.45, 7) is 9.02. The van der Waals surface area contributed by atoms with Crippen LogP contribution in [-0.4, -0.2) is 48.5 Å². The Balaban J connectivity index is 1.52. The van der Waals surface area contributed by atoms with E-state index >= 15 is 0 Å². The molecule has 2 heterocycles. The van der Waals surface area contributed by atoms with Gasteiger partial charge in [-0.15, -0.1) is 6.58 Å². The van der Waals surface area contributed by atoms with Gasteiger partial charge in [0.2, 0.25) is 0 Å². The molecule has 0 atom stereocenters. The molecule has 0 radical (unpaired) electrons. The Bertz CT molecular complexity index is 691. The topological polar surface area (TPSA) is 48.5 Å². The lowest BCUT2D eigenvalue weighted by Crippen LogP contribution is -2.46. The molecule has 130 valence electrons. The minimum absolute atomic E-state index is 0.167. The highest BCUT2D eigenvalue weighted by Gasteiger charge is 2.18. The van der Waals surface area contributed by atoms with Gasteiger partial charge >= 0.3 is 0 Å². The van der Waals surface area contributed by atoms with Gasteiger partial charge in [-0.05, 0) is 17.7 Å². The van der Waals surface area contributed by atoms with Gasteiger partial charge in [-0.2, -0.15) is 0 Å². The van der Waals surface area contributed by atoms with Crippen LogP contribution in [0.25, 0.3) is 0 Å². The third kappa shape index (κ3) is 4.67. The first-order valence-electron chi connectivity index (χ1n) is 8.62. The summed E-state index contributed by atoms with van der Waals surface area (Å²) in [5, 5.41) is 2.74. The standard InChI is InChI=1S/C20H24N4O/c1-2-10-21-20(25)19-9-8-18(15-22-19)24-13-11-23(12-14-24)16-17-6-4-3-5-7-17/h2-9,15H,1,10-14,16H2,(H,21,25). The molecule has 1 aromatic heterocycles. The van der Waals surface area contributed by atoms with Crippen LogP contribution < -0.4 is 10.2 Å². The largest absolute Gasteiger partial charge is 0.368 e. The first-order valence-corrected chi connectivity index (χ1v) is 8.62. The van der Waals surface area contributed by atoms with E-state index in [1.165, 1.54) is 5.56 Å². The number of carbonyl (C=O) groups excluding carboxylic acids is 1. The van der Waals surface area contributed by atoms with E-state index in [4.69, 9.17) is 0 Å². The van der Waals surface area contributed by atoms with Gasteiger partial charge in [0.05, 0.1) is 11.9 Å². The van der Waals surface area contributed by atoms with Gasteiger partial charge in [-0.1, -0.05) is 36.4 Å². The quantitative estimate of drug-likeness (QED) is 0.823. The number of nitrogens with zero attached hydrogens (tertiary/aromatic N) is 3. The van der Waals surface area contributed by atoms with Gasteiger partial charge in [0.1, 0.15) is 5.69 Å². The first-order chi connectivity index (χ1) is 12.3. The van der Waals surface area contributed by atoms with Crippen molar-refractivity contribution < 1.29 is 4.79 Å². The Morgan fingerprint density at radius 3 is 2.52 bits per heavy atom. The van der Waals surface area contributed by atoms with Crippen LogP contribution in [0.5, 0.6) is 0 Å². The number of hydrogen-bond acceptors (Lipinski definition) is 4. The highest BCUT2D eigenvalue weighted by molar-refractivity contribution is 5.92. The van der Waals surface area contributed by atoms with Crippen molar-refractivity contribution >= 4 is 11.6 Å². The number of piperazine rings is 1. The van der Waals surface area contributed by atoms with Crippen molar-refractivity contribution in [3.63, 3.8) is 0 Å². The normalized spacial score (nSPS) is 15.0. The fourth-order valence-electron chi connectivity index (χ4n) is 2.97. The zero-order chi connectivity index (χ0) is 17.5. The molecule has 3 rings (SSSR count). The maximum absolute atomic E-state index is 11.9. The van der Waals surface area contributed by atoms with Crippen LogP contribution in [0.2, 0.25) is 0 Å². The van der Waals surface area contributed by atoms with Gasteiger partial charge in [0, 0.05) is 39.3 Å². The third-order valence-corrected chi connectivity index (χ3v) is 4.37. The Hall–Kier alpha value is -2.66. The van der Waals surface area contributed by atoms with E-state index in [9.17, 15) is 4.79 Å². The molecule has 1 amide bonds. The van der Waals surface area contributed by atoms with Crippen molar-refractivity contribution in [3.8, 4) is 0 Å². The first kappa shape index (κ1) is 17.2. The number of rotatable bonds is 6. The monoisotopic (exact) mass is 336 g/mol. The number of anilines is 1. The molecule has 25 heavy (non-hydrogen) atoms. The molecule has 0 saturated carbocycles. The van der Waals surface area contributed by atoms with Crippen molar-refractivity contribution in [1.82, 2.24) is 15.2 Å². The van der Waals surface area contributed by atoms with Gasteiger partial charge in [-0.3, -0.25) is 9.69 Å². The minimum atomic E-state index is -0.167. The lowest BCUT2D eigenvalue weighted by atomic mass is 10.2. The van der Waals surface area contributed by atoms with Crippen molar-refractivity contribution in [2.75, 3.05) is 37.6 Å². The number of aromatic nitrogens is 1. The molecule has 5 heteroatoms. The summed E-state index contributed by atoms with van der Waals surface area (Å²) >= 11 is 0. The van der Waals surface area contributed by atoms with Crippen molar-refractivity contribution in [2.24, 2.45) is 0 Å². The number of hydrogen-bond donors (Lipinski definition) is 1. The Labute approximate surface area is 149 Å². The molecular weight excluding hydrogens is 312 g/mol. The summed E-state index contributed by atoms with van der Waals surface area (Å²) in [5.74, 6) is -0.167. The van der Waals surface area contributed by atoms with Crippen molar-refractivity contribution in [3.05, 3.63) is 72.6 Å². The smallest absolute Gasteiger partial charge is 0.270 e. The molecule has 1 aromatic carbocycles. The number of carbonyl (C=O) groups is 1. The minimum Gasteiger partial charge on any atom is -0.368 e. The summed E-state index contributed by atoms with van der Waals surface area (Å²) in [6, 6.07) is 14.3. The van der Waals surface area contributed by atoms with E-state index in [2.05, 4.69) is 57.0 Å². The van der Waals surface area contributed by atoms with Crippen LogP contribution in [0.4, 0.5) is 5.69 Å². The zero-order valence-electron chi connectivity index (χ0n) is 14.4. The second kappa shape index (κ2) is 8.44. The molecule has 1 saturated heterocycles. The van der Waals surface area contributed by atoms with Crippen molar-refractivity contribution in [2.45, 2.75) is 6.54 Å². The molecule has 1 N–H and O–H groups in total. The molecule has 5 nitrogen and oxygen atoms in total. The number of benzene rings is 1. The molecule has 0 aliphatic carbocycles. The highest BCUT2D eigenvalue weighted by Crippen LogP contribution is 2.17. The van der Waals surface area contributed by atoms with Gasteiger partial charge < -0.3 is 10.2 Å². The summed E-state index contributed by atoms with van der Waals surface area (Å²) in [4.78, 5) is 20.9. The average molecular weight is 336 g/mol. The van der Waals surface area contributed by atoms with E-state index in [-0.39, 0.29) is 5.91 Å². The molecule has 0 spiro atoms. The molecule has 0 unspecified atom stereocenters. The molecule has 0 bridgehead atoms. The molecule has 1 aliphatic rings. The molecular formula is C20H24N4O. The van der Waals surface area contributed by atoms with Crippen LogP contribution >= 0.6 is 0 Å². The van der Waals surface area contributed by atoms with Crippen molar-refractivity contribution in [1.29, 1.82) is 0 Å². The van der Waals surface area contributed by atoms with Crippen LogP contribution in [0.3, 0.4) is 0 Å². The maximum atomic E-state index is 11.9. The van der Waals surface area contributed by atoms with E-state index in [1.54, 1.807) is 18.3 Å². The highest BCUT2D eigenvalue weighted by atomic mass is 16.1. The lowest BCUT2D eigenvalue weighted by Gasteiger charge is -2.36. The second-order valence-electron chi connectivity index (χ2n) is 6.15. The van der Waals surface area contributed by atoms with E-state index < -0.39 is 0 Å². The van der Waals surface area contributed by atoms with E-state index in [1.807, 2.05) is 6.07 Å². The van der Waals surface area contributed by atoms with Crippen LogP contribution in [0.15, 0.2) is 61.3 Å². The van der Waals surface area contributed by atoms with Crippen LogP contribution in [-0.2, 0) is 6.54 Å². The number of pyridine rings is 1. The molecule has 1 aliphatic heterocycles. The third-order valence-electron chi connectivity index (χ3n) is 4.37. The Kier molecular flexibility index (Phi) is 5.80. The fourth-order valence-corrected chi connectivity index (χ4v) is 2.97. The fraction of sp³-hybridized carbons (Fsp3) is 0.300. The lowest BCUT2D eigenvalue weighted by molar-refractivity contribution is 0.0953. The van der Waals surface area contributed by atoms with Crippen LogP contribution in [0, 0.1) is 0 Å². The molecule has 2 aromatic rings. The predicted octanol–water partition coefficient (Wildman–Crippen LogP) is 2.32. The SMILES string of the molecule is C=CCNC(=O)c1ccc(N2CCN(Cc3ccccc3)CC2)cn1. The van der Waals surface area contributed by atoms with Gasteiger partial charge in [0.25, 0.3) is 5.91 Å². The van der Waals surface area contributed by atoms with Gasteiger partial charge in [0.15, 0.2) is 0 Å². The van der Waals surface area contributed by atoms with Gasteiger partial charge in [-0.25, -0.2) is 4.98 Å². The summed E-state index contributed by atoms with van der Waals surface area (Å²) in [6.07, 6.45) is 3.44. The van der Waals surface area contributed by atoms with E-state index in [0.717, 1.165) is 38.4 Å². The second-order valence-corrected chi connectivity index (χ2v) is 6.15. The Morgan fingerprint density at radius 1 is 1.12 bits per heavy atom. The summed E-state index contributed by atoms with van der Waals surface area (Å²) in [7, 11) is 0. The van der Waals surface area contributed by atoms with E-state index in [0.29, 0.717) is 12.2 Å². The summed E-state index contributed by atoms with van der Waals surface area (Å²) < 4.78 is 0. The van der Waals surface area contributed by atoms with Crippen LogP contribution in [0.1, 0.15) is 16.1 Å². The Morgan fingerprint density at radius 2 is 1.88 bits per heavy atom. The average Bonchev–Trinajstić information content (AvgIpc) is 2.68. The number of nitrogens with one attached hydrogen (secondary N) is 1. The number of amides is 1. The predicted molar refractivity (Wildman–Crippen MR) is 101 cm³/mol. The summed E-state index contributed by atoms with van der Waals surface area (Å²) in [5.41, 5.74) is 2.86. The molecule has 1 fully saturated rings. The zero-order valence-corrected chi connectivity index (χ0v) is 14.4. The maximum Gasteiger partial charge on any atom is 0.270 e.